The molecule has 0 aromatic carbocycles. The Morgan fingerprint density at radius 2 is 2.62 bits per heavy atom. The molecule has 3 heteroatoms. The SMILES string of the molecule is Cn1cncc1C[O]. The predicted octanol–water partition coefficient (Wildman–Crippen LogP) is 0.351. The van der Waals surface area contributed by atoms with Gasteiger partial charge in [-0.2, -0.15) is 0 Å². The highest BCUT2D eigenvalue weighted by molar-refractivity contribution is 4.94. The standard InChI is InChI=1S/C5H7N2O/c1-7-4-6-2-5(7)3-8/h2,4H,3H2,1H3. The van der Waals surface area contributed by atoms with Gasteiger partial charge in [0.05, 0.1) is 18.2 Å². The van der Waals surface area contributed by atoms with Crippen LogP contribution in [0.3, 0.4) is 0 Å². The van der Waals surface area contributed by atoms with Gasteiger partial charge in [0.2, 0.25) is 0 Å². The van der Waals surface area contributed by atoms with E-state index in [9.17, 15) is 5.11 Å². The van der Waals surface area contributed by atoms with E-state index >= 15 is 0 Å². The average Bonchev–Trinajstić information content (AvgIpc) is 2.14. The third-order valence-electron chi connectivity index (χ3n) is 1.06. The van der Waals surface area contributed by atoms with E-state index in [-0.39, 0.29) is 6.61 Å². The van der Waals surface area contributed by atoms with Crippen LogP contribution in [0, 0.1) is 0 Å². The first-order chi connectivity index (χ1) is 3.84. The maximum absolute atomic E-state index is 10.2. The molecule has 1 radical (unpaired) electrons. The molecule has 0 amide bonds. The zero-order valence-corrected chi connectivity index (χ0v) is 4.66. The van der Waals surface area contributed by atoms with Crippen LogP contribution in [0.4, 0.5) is 0 Å². The molecule has 0 spiro atoms. The second-order valence-electron chi connectivity index (χ2n) is 1.64. The summed E-state index contributed by atoms with van der Waals surface area (Å²) in [5.74, 6) is 0. The van der Waals surface area contributed by atoms with E-state index in [0.717, 1.165) is 5.69 Å². The lowest BCUT2D eigenvalue weighted by atomic mass is 10.5. The number of aryl methyl sites for hydroxylation is 1. The van der Waals surface area contributed by atoms with E-state index in [1.165, 1.54) is 0 Å². The fraction of sp³-hybridized carbons (Fsp3) is 0.400. The van der Waals surface area contributed by atoms with Crippen molar-refractivity contribution in [2.24, 2.45) is 7.05 Å². The minimum absolute atomic E-state index is 0.184. The zero-order chi connectivity index (χ0) is 5.98. The largest absolute Gasteiger partial charge is 0.336 e. The van der Waals surface area contributed by atoms with Crippen molar-refractivity contribution in [1.29, 1.82) is 0 Å². The molecular weight excluding hydrogens is 104 g/mol. The molecule has 0 aliphatic heterocycles. The van der Waals surface area contributed by atoms with Crippen LogP contribution in [0.2, 0.25) is 0 Å². The van der Waals surface area contributed by atoms with Gasteiger partial charge >= 0.3 is 0 Å². The maximum Gasteiger partial charge on any atom is 0.124 e. The second kappa shape index (κ2) is 1.96. The van der Waals surface area contributed by atoms with Gasteiger partial charge < -0.3 is 4.57 Å². The summed E-state index contributed by atoms with van der Waals surface area (Å²) < 4.78 is 1.72. The molecule has 0 fully saturated rings. The van der Waals surface area contributed by atoms with Gasteiger partial charge in [-0.1, -0.05) is 0 Å². The van der Waals surface area contributed by atoms with Crippen molar-refractivity contribution in [1.82, 2.24) is 9.55 Å². The quantitative estimate of drug-likeness (QED) is 0.515. The molecule has 0 saturated carbocycles. The minimum Gasteiger partial charge on any atom is -0.336 e. The lowest BCUT2D eigenvalue weighted by Gasteiger charge is -1.90. The topological polar surface area (TPSA) is 37.7 Å². The van der Waals surface area contributed by atoms with Gasteiger partial charge in [-0.25, -0.2) is 10.1 Å². The monoisotopic (exact) mass is 111 g/mol. The molecule has 0 unspecified atom stereocenters. The Bertz CT molecular complexity index is 171. The molecule has 0 aliphatic carbocycles. The van der Waals surface area contributed by atoms with E-state index in [4.69, 9.17) is 0 Å². The average molecular weight is 111 g/mol. The van der Waals surface area contributed by atoms with Crippen LogP contribution in [-0.2, 0) is 18.8 Å². The Morgan fingerprint density at radius 1 is 1.88 bits per heavy atom. The fourth-order valence-corrected chi connectivity index (χ4v) is 0.524. The third-order valence-corrected chi connectivity index (χ3v) is 1.06. The van der Waals surface area contributed by atoms with Crippen molar-refractivity contribution in [3.05, 3.63) is 18.2 Å². The number of hydrogen-bond acceptors (Lipinski definition) is 1. The van der Waals surface area contributed by atoms with Gasteiger partial charge in [-0.15, -0.1) is 0 Å². The maximum atomic E-state index is 10.2. The number of rotatable bonds is 1. The number of hydrogen-bond donors (Lipinski definition) is 0. The zero-order valence-electron chi connectivity index (χ0n) is 4.66. The van der Waals surface area contributed by atoms with Crippen molar-refractivity contribution in [2.45, 2.75) is 6.61 Å². The van der Waals surface area contributed by atoms with Crippen LogP contribution >= 0.6 is 0 Å². The van der Waals surface area contributed by atoms with Crippen LogP contribution in [0.1, 0.15) is 5.69 Å². The van der Waals surface area contributed by atoms with Crippen molar-refractivity contribution >= 4 is 0 Å². The summed E-state index contributed by atoms with van der Waals surface area (Å²) in [4.78, 5) is 3.76. The number of nitrogens with zero attached hydrogens (tertiary/aromatic N) is 2. The molecule has 0 atom stereocenters. The molecule has 1 aromatic rings. The highest BCUT2D eigenvalue weighted by Crippen LogP contribution is 1.93. The molecule has 43 valence electrons. The summed E-state index contributed by atoms with van der Waals surface area (Å²) in [5.41, 5.74) is 0.727. The molecular formula is C5H7N2O. The molecule has 0 bridgehead atoms. The van der Waals surface area contributed by atoms with Crippen molar-refractivity contribution < 1.29 is 5.11 Å². The van der Waals surface area contributed by atoms with E-state index in [1.54, 1.807) is 24.1 Å². The first-order valence-electron chi connectivity index (χ1n) is 2.38. The summed E-state index contributed by atoms with van der Waals surface area (Å²) in [6.07, 6.45) is 3.19. The molecule has 1 rings (SSSR count). The van der Waals surface area contributed by atoms with Crippen LogP contribution in [0.25, 0.3) is 0 Å². The van der Waals surface area contributed by atoms with E-state index in [0.29, 0.717) is 0 Å². The normalized spacial score (nSPS) is 9.75. The lowest BCUT2D eigenvalue weighted by Crippen LogP contribution is -1.91. The Labute approximate surface area is 47.6 Å². The Balaban J connectivity index is 2.92. The summed E-state index contributed by atoms with van der Waals surface area (Å²) in [6.45, 7) is -0.184. The van der Waals surface area contributed by atoms with Gasteiger partial charge in [0.15, 0.2) is 0 Å². The van der Waals surface area contributed by atoms with Crippen molar-refractivity contribution in [3.8, 4) is 0 Å². The lowest BCUT2D eigenvalue weighted by molar-refractivity contribution is 0.171. The first kappa shape index (κ1) is 5.31. The van der Waals surface area contributed by atoms with Gasteiger partial charge in [0, 0.05) is 7.05 Å². The predicted molar refractivity (Wildman–Crippen MR) is 27.6 cm³/mol. The van der Waals surface area contributed by atoms with Gasteiger partial charge in [0.1, 0.15) is 6.61 Å². The molecule has 1 heterocycles. The smallest absolute Gasteiger partial charge is 0.124 e. The fourth-order valence-electron chi connectivity index (χ4n) is 0.524. The van der Waals surface area contributed by atoms with Crippen LogP contribution in [-0.4, -0.2) is 9.55 Å². The molecule has 0 saturated heterocycles. The summed E-state index contributed by atoms with van der Waals surface area (Å²) in [6, 6.07) is 0. The molecule has 0 aliphatic rings. The summed E-state index contributed by atoms with van der Waals surface area (Å²) in [7, 11) is 1.81. The van der Waals surface area contributed by atoms with Crippen molar-refractivity contribution in [3.63, 3.8) is 0 Å². The van der Waals surface area contributed by atoms with Crippen molar-refractivity contribution in [2.75, 3.05) is 0 Å². The molecule has 1 aromatic heterocycles. The first-order valence-corrected chi connectivity index (χ1v) is 2.38. The number of imidazole rings is 1. The Kier molecular flexibility index (Phi) is 1.30. The minimum atomic E-state index is -0.184. The highest BCUT2D eigenvalue weighted by atomic mass is 16.3. The van der Waals surface area contributed by atoms with Gasteiger partial charge in [-0.3, -0.25) is 0 Å². The van der Waals surface area contributed by atoms with E-state index in [2.05, 4.69) is 4.98 Å². The van der Waals surface area contributed by atoms with Gasteiger partial charge in [0.25, 0.3) is 0 Å². The van der Waals surface area contributed by atoms with E-state index in [1.807, 2.05) is 0 Å². The summed E-state index contributed by atoms with van der Waals surface area (Å²) >= 11 is 0. The third kappa shape index (κ3) is 0.721. The van der Waals surface area contributed by atoms with Crippen LogP contribution in [0.15, 0.2) is 12.5 Å². The molecule has 8 heavy (non-hydrogen) atoms. The van der Waals surface area contributed by atoms with E-state index < -0.39 is 0 Å². The molecule has 0 N–H and O–H groups in total. The summed E-state index contributed by atoms with van der Waals surface area (Å²) in [5, 5.41) is 10.2. The highest BCUT2D eigenvalue weighted by Gasteiger charge is 1.92. The molecule has 3 nitrogen and oxygen atoms in total. The van der Waals surface area contributed by atoms with Gasteiger partial charge in [-0.05, 0) is 0 Å². The Morgan fingerprint density at radius 3 is 2.88 bits per heavy atom. The Hall–Kier alpha value is -0.830. The second-order valence-corrected chi connectivity index (χ2v) is 1.64. The van der Waals surface area contributed by atoms with Crippen LogP contribution in [0.5, 0.6) is 0 Å². The number of aromatic nitrogens is 2. The van der Waals surface area contributed by atoms with Crippen LogP contribution < -0.4 is 0 Å².